The van der Waals surface area contributed by atoms with E-state index in [1.807, 2.05) is 66.7 Å². The van der Waals surface area contributed by atoms with Crippen molar-refractivity contribution in [3.05, 3.63) is 157 Å². The van der Waals surface area contributed by atoms with Gasteiger partial charge in [0.25, 0.3) is 0 Å². The van der Waals surface area contributed by atoms with Gasteiger partial charge in [-0.3, -0.25) is 0 Å². The van der Waals surface area contributed by atoms with Gasteiger partial charge in [0.1, 0.15) is 28.4 Å². The SMILES string of the molecule is [C-]#[N+]c1ccc(-c2ccc3oc4cc5c(cc4c3c2)oc2ccc(-c3cccc(C#N)c3-n3c4ccccc4c4ccccc43)cc25)cc1. The van der Waals surface area contributed by atoms with Gasteiger partial charge in [0.2, 0.25) is 0 Å². The summed E-state index contributed by atoms with van der Waals surface area (Å²) in [5.74, 6) is 0. The minimum Gasteiger partial charge on any atom is -0.456 e. The Morgan fingerprint density at radius 1 is 0.510 bits per heavy atom. The molecule has 10 aromatic rings. The highest BCUT2D eigenvalue weighted by atomic mass is 16.3. The fourth-order valence-electron chi connectivity index (χ4n) is 7.39. The molecule has 0 spiro atoms. The molecule has 0 N–H and O–H groups in total. The number of rotatable bonds is 3. The van der Waals surface area contributed by atoms with Crippen LogP contribution in [0.5, 0.6) is 0 Å². The van der Waals surface area contributed by atoms with Gasteiger partial charge in [-0.15, -0.1) is 0 Å². The molecule has 0 aliphatic carbocycles. The Hall–Kier alpha value is -7.08. The van der Waals surface area contributed by atoms with E-state index in [4.69, 9.17) is 15.4 Å². The van der Waals surface area contributed by atoms with Crippen LogP contribution in [-0.4, -0.2) is 4.57 Å². The Kier molecular flexibility index (Phi) is 5.64. The molecular formula is C44H23N3O2. The molecule has 0 aliphatic heterocycles. The smallest absolute Gasteiger partial charge is 0.187 e. The first kappa shape index (κ1) is 27.1. The zero-order valence-corrected chi connectivity index (χ0v) is 25.9. The second kappa shape index (κ2) is 10.2. The van der Waals surface area contributed by atoms with Crippen LogP contribution >= 0.6 is 0 Å². The van der Waals surface area contributed by atoms with Crippen LogP contribution in [0.4, 0.5) is 5.69 Å². The fourth-order valence-corrected chi connectivity index (χ4v) is 7.39. The van der Waals surface area contributed by atoms with Gasteiger partial charge in [0.15, 0.2) is 5.69 Å². The lowest BCUT2D eigenvalue weighted by Gasteiger charge is -2.16. The number of aromatic nitrogens is 1. The highest BCUT2D eigenvalue weighted by Crippen LogP contribution is 2.42. The largest absolute Gasteiger partial charge is 0.456 e. The number of fused-ring (bicyclic) bond motifs is 9. The van der Waals surface area contributed by atoms with Crippen molar-refractivity contribution < 1.29 is 8.83 Å². The molecule has 3 aromatic heterocycles. The zero-order chi connectivity index (χ0) is 32.6. The van der Waals surface area contributed by atoms with Crippen molar-refractivity contribution in [1.82, 2.24) is 4.57 Å². The van der Waals surface area contributed by atoms with Gasteiger partial charge >= 0.3 is 0 Å². The number of hydrogen-bond donors (Lipinski definition) is 0. The quantitative estimate of drug-likeness (QED) is 0.184. The summed E-state index contributed by atoms with van der Waals surface area (Å²) in [5, 5.41) is 16.6. The first-order valence-corrected chi connectivity index (χ1v) is 16.0. The van der Waals surface area contributed by atoms with Crippen LogP contribution in [-0.2, 0) is 0 Å². The van der Waals surface area contributed by atoms with Crippen LogP contribution in [0.3, 0.4) is 0 Å². The summed E-state index contributed by atoms with van der Waals surface area (Å²) in [6, 6.07) is 49.4. The van der Waals surface area contributed by atoms with Crippen molar-refractivity contribution in [3.63, 3.8) is 0 Å². The van der Waals surface area contributed by atoms with Crippen molar-refractivity contribution in [2.75, 3.05) is 0 Å². The van der Waals surface area contributed by atoms with E-state index in [1.54, 1.807) is 0 Å². The second-order valence-electron chi connectivity index (χ2n) is 12.3. The summed E-state index contributed by atoms with van der Waals surface area (Å²) in [4.78, 5) is 3.51. The molecule has 0 unspecified atom stereocenters. The van der Waals surface area contributed by atoms with Crippen LogP contribution in [0.1, 0.15) is 5.56 Å². The lowest BCUT2D eigenvalue weighted by atomic mass is 9.98. The molecule has 0 saturated heterocycles. The van der Waals surface area contributed by atoms with Gasteiger partial charge in [-0.1, -0.05) is 84.9 Å². The van der Waals surface area contributed by atoms with Crippen LogP contribution in [0.15, 0.2) is 148 Å². The lowest BCUT2D eigenvalue weighted by Crippen LogP contribution is -2.00. The Morgan fingerprint density at radius 3 is 1.67 bits per heavy atom. The van der Waals surface area contributed by atoms with E-state index < -0.39 is 0 Å². The summed E-state index contributed by atoms with van der Waals surface area (Å²) in [6.45, 7) is 7.26. The van der Waals surface area contributed by atoms with Gasteiger partial charge in [-0.05, 0) is 71.3 Å². The summed E-state index contributed by atoms with van der Waals surface area (Å²) in [5.41, 5.74) is 11.4. The molecule has 0 atom stereocenters. The first-order valence-electron chi connectivity index (χ1n) is 16.0. The number of benzene rings is 7. The molecule has 3 heterocycles. The Bertz CT molecular complexity index is 3020. The van der Waals surface area contributed by atoms with E-state index >= 15 is 0 Å². The predicted molar refractivity (Wildman–Crippen MR) is 197 cm³/mol. The van der Waals surface area contributed by atoms with Gasteiger partial charge in [-0.2, -0.15) is 5.26 Å². The topological polar surface area (TPSA) is 59.4 Å². The maximum atomic E-state index is 10.4. The minimum absolute atomic E-state index is 0.604. The summed E-state index contributed by atoms with van der Waals surface area (Å²) >= 11 is 0. The molecule has 0 radical (unpaired) electrons. The van der Waals surface area contributed by atoms with Gasteiger partial charge in [-0.25, -0.2) is 4.85 Å². The third-order valence-corrected chi connectivity index (χ3v) is 9.66. The Labute approximate surface area is 279 Å². The number of nitriles is 1. The maximum absolute atomic E-state index is 10.4. The van der Waals surface area contributed by atoms with E-state index in [2.05, 4.69) is 88.3 Å². The minimum atomic E-state index is 0.604. The van der Waals surface area contributed by atoms with Gasteiger partial charge in [0.05, 0.1) is 28.9 Å². The lowest BCUT2D eigenvalue weighted by molar-refractivity contribution is 0.664. The van der Waals surface area contributed by atoms with E-state index in [-0.39, 0.29) is 0 Å². The van der Waals surface area contributed by atoms with Crippen molar-refractivity contribution in [2.45, 2.75) is 0 Å². The number of para-hydroxylation sites is 3. The molecule has 0 amide bonds. The normalized spacial score (nSPS) is 11.6. The summed E-state index contributed by atoms with van der Waals surface area (Å²) < 4.78 is 15.0. The Morgan fingerprint density at radius 2 is 1.06 bits per heavy atom. The molecule has 226 valence electrons. The van der Waals surface area contributed by atoms with Gasteiger partial charge < -0.3 is 13.4 Å². The van der Waals surface area contributed by atoms with E-state index in [0.29, 0.717) is 11.3 Å². The Balaban J connectivity index is 1.16. The van der Waals surface area contributed by atoms with Crippen molar-refractivity contribution in [2.24, 2.45) is 0 Å². The average molecular weight is 626 g/mol. The molecule has 10 rings (SSSR count). The molecule has 0 fully saturated rings. The predicted octanol–water partition coefficient (Wildman–Crippen LogP) is 12.3. The fraction of sp³-hybridized carbons (Fsp3) is 0. The van der Waals surface area contributed by atoms with E-state index in [0.717, 1.165) is 93.6 Å². The second-order valence-corrected chi connectivity index (χ2v) is 12.3. The van der Waals surface area contributed by atoms with Crippen molar-refractivity contribution in [1.29, 1.82) is 5.26 Å². The molecule has 0 bridgehead atoms. The molecule has 0 saturated carbocycles. The number of hydrogen-bond acceptors (Lipinski definition) is 3. The standard InChI is InChI=1S/C44H23N3O2/c1-46-30-17-13-26(14-18-30)27-15-19-40-34(21-27)36-23-43-37(24-42(36)48-40)35-22-28(16-20-41(35)49-43)31-10-6-7-29(25-45)44(31)47-38-11-4-2-8-32(38)33-9-3-5-12-39(33)47/h2-24H. The summed E-state index contributed by atoms with van der Waals surface area (Å²) in [7, 11) is 0. The van der Waals surface area contributed by atoms with Crippen LogP contribution in [0.2, 0.25) is 0 Å². The third kappa shape index (κ3) is 3.97. The van der Waals surface area contributed by atoms with Gasteiger partial charge in [0, 0.05) is 37.9 Å². The maximum Gasteiger partial charge on any atom is 0.187 e. The molecule has 49 heavy (non-hydrogen) atoms. The number of furan rings is 2. The monoisotopic (exact) mass is 625 g/mol. The van der Waals surface area contributed by atoms with Crippen molar-refractivity contribution in [3.8, 4) is 34.0 Å². The molecular weight excluding hydrogens is 603 g/mol. The highest BCUT2D eigenvalue weighted by molar-refractivity contribution is 6.16. The first-order chi connectivity index (χ1) is 24.2. The molecule has 7 aromatic carbocycles. The highest BCUT2D eigenvalue weighted by Gasteiger charge is 2.20. The van der Waals surface area contributed by atoms with Crippen LogP contribution < -0.4 is 0 Å². The third-order valence-electron chi connectivity index (χ3n) is 9.66. The van der Waals surface area contributed by atoms with Crippen LogP contribution in [0, 0.1) is 17.9 Å². The van der Waals surface area contributed by atoms with E-state index in [9.17, 15) is 5.26 Å². The zero-order valence-electron chi connectivity index (χ0n) is 25.9. The molecule has 0 aliphatic rings. The number of nitrogens with zero attached hydrogens (tertiary/aromatic N) is 3. The van der Waals surface area contributed by atoms with Crippen LogP contribution in [0.25, 0.3) is 98.5 Å². The summed E-state index contributed by atoms with van der Waals surface area (Å²) in [6.07, 6.45) is 0. The average Bonchev–Trinajstić information content (AvgIpc) is 3.81. The van der Waals surface area contributed by atoms with Crippen molar-refractivity contribution >= 4 is 71.4 Å². The molecule has 5 heteroatoms. The van der Waals surface area contributed by atoms with E-state index in [1.165, 1.54) is 0 Å². The molecule has 5 nitrogen and oxygen atoms in total.